The number of aliphatic hydroxyl groups excluding tert-OH is 1. The number of fused-ring (bicyclic) bond motifs is 2. The number of ether oxygens (including phenoxy) is 4. The van der Waals surface area contributed by atoms with Crippen LogP contribution in [0, 0.1) is 5.92 Å². The van der Waals surface area contributed by atoms with Gasteiger partial charge in [0, 0.05) is 55.8 Å². The summed E-state index contributed by atoms with van der Waals surface area (Å²) < 4.78 is 23.5. The first-order valence-corrected chi connectivity index (χ1v) is 17.0. The van der Waals surface area contributed by atoms with Crippen LogP contribution in [0.25, 0.3) is 0 Å². The minimum atomic E-state index is -0.547. The highest BCUT2D eigenvalue weighted by molar-refractivity contribution is 6.02. The quantitative estimate of drug-likeness (QED) is 0.235. The van der Waals surface area contributed by atoms with Gasteiger partial charge in [0.15, 0.2) is 11.5 Å². The zero-order chi connectivity index (χ0) is 35.6. The number of carbonyl (C=O) groups is 3. The third-order valence-corrected chi connectivity index (χ3v) is 8.77. The maximum Gasteiger partial charge on any atom is 0.323 e. The molecule has 5 amide bonds. The Hall–Kier alpha value is -5.01. The van der Waals surface area contributed by atoms with Crippen molar-refractivity contribution in [3.63, 3.8) is 0 Å². The van der Waals surface area contributed by atoms with Gasteiger partial charge in [-0.25, -0.2) is 9.59 Å². The third-order valence-electron chi connectivity index (χ3n) is 8.77. The van der Waals surface area contributed by atoms with Gasteiger partial charge in [-0.1, -0.05) is 25.1 Å². The molecule has 0 saturated carbocycles. The summed E-state index contributed by atoms with van der Waals surface area (Å²) in [6.45, 7) is 6.51. The fourth-order valence-corrected chi connectivity index (χ4v) is 5.82. The number of urea groups is 2. The molecule has 0 spiro atoms. The van der Waals surface area contributed by atoms with E-state index in [2.05, 4.69) is 16.0 Å². The number of anilines is 3. The lowest BCUT2D eigenvalue weighted by molar-refractivity contribution is -0.0115. The van der Waals surface area contributed by atoms with Gasteiger partial charge in [0.25, 0.3) is 5.91 Å². The Kier molecular flexibility index (Phi) is 12.4. The van der Waals surface area contributed by atoms with Gasteiger partial charge in [-0.3, -0.25) is 4.79 Å². The molecule has 0 fully saturated rings. The van der Waals surface area contributed by atoms with Gasteiger partial charge in [-0.15, -0.1) is 0 Å². The van der Waals surface area contributed by atoms with Crippen molar-refractivity contribution in [3.8, 4) is 17.2 Å². The Bertz CT molecular complexity index is 1620. The minimum Gasteiger partial charge on any atom is -0.490 e. The Balaban J connectivity index is 1.35. The Labute approximate surface area is 292 Å². The molecule has 0 aliphatic carbocycles. The topological polar surface area (TPSA) is 151 Å². The van der Waals surface area contributed by atoms with Gasteiger partial charge in [0.1, 0.15) is 5.75 Å². The molecule has 3 aromatic carbocycles. The van der Waals surface area contributed by atoms with Gasteiger partial charge in [-0.2, -0.15) is 0 Å². The first-order chi connectivity index (χ1) is 24.1. The van der Waals surface area contributed by atoms with Crippen LogP contribution in [0.15, 0.2) is 66.7 Å². The first kappa shape index (κ1) is 36.3. The molecule has 0 unspecified atom stereocenters. The number of benzene rings is 3. The van der Waals surface area contributed by atoms with Crippen LogP contribution in [0.2, 0.25) is 0 Å². The molecule has 13 nitrogen and oxygen atoms in total. The molecule has 13 heteroatoms. The van der Waals surface area contributed by atoms with Crippen LogP contribution in [0.5, 0.6) is 17.2 Å². The summed E-state index contributed by atoms with van der Waals surface area (Å²) in [4.78, 5) is 43.6. The van der Waals surface area contributed by atoms with Crippen molar-refractivity contribution in [1.82, 2.24) is 9.80 Å². The lowest BCUT2D eigenvalue weighted by Crippen LogP contribution is -2.48. The van der Waals surface area contributed by atoms with Crippen molar-refractivity contribution < 1.29 is 38.4 Å². The summed E-state index contributed by atoms with van der Waals surface area (Å²) in [7, 11) is 1.70. The second-order valence-electron chi connectivity index (χ2n) is 12.8. The van der Waals surface area contributed by atoms with Crippen molar-refractivity contribution in [2.45, 2.75) is 58.3 Å². The molecule has 5 rings (SSSR count). The smallest absolute Gasteiger partial charge is 0.323 e. The van der Waals surface area contributed by atoms with E-state index in [4.69, 9.17) is 18.9 Å². The van der Waals surface area contributed by atoms with Gasteiger partial charge < -0.3 is 49.8 Å². The average Bonchev–Trinajstić information content (AvgIpc) is 3.58. The SMILES string of the molecule is C[C@H]1CCCCO[C@H](CN(C)C(=O)Nc2ccc3c(c2)OCO3)[C@@H](C)CN([C@@H](C)CO)C(=O)c2cc(NC(=O)Nc3ccccc3)ccc2O1. The van der Waals surface area contributed by atoms with Gasteiger partial charge in [0.2, 0.25) is 6.79 Å². The molecule has 3 aromatic rings. The van der Waals surface area contributed by atoms with Crippen LogP contribution in [0.3, 0.4) is 0 Å². The van der Waals surface area contributed by atoms with E-state index in [9.17, 15) is 19.5 Å². The van der Waals surface area contributed by atoms with E-state index < -0.39 is 18.2 Å². The second kappa shape index (κ2) is 17.1. The maximum atomic E-state index is 14.4. The molecule has 4 atom stereocenters. The summed E-state index contributed by atoms with van der Waals surface area (Å²) in [6.07, 6.45) is 1.72. The number of aliphatic hydroxyl groups is 1. The largest absolute Gasteiger partial charge is 0.490 e. The summed E-state index contributed by atoms with van der Waals surface area (Å²) >= 11 is 0. The Morgan fingerprint density at radius 3 is 2.38 bits per heavy atom. The fourth-order valence-electron chi connectivity index (χ4n) is 5.82. The predicted octanol–water partition coefficient (Wildman–Crippen LogP) is 6.02. The summed E-state index contributed by atoms with van der Waals surface area (Å²) in [6, 6.07) is 17.9. The highest BCUT2D eigenvalue weighted by Gasteiger charge is 2.31. The number of nitrogens with zero attached hydrogens (tertiary/aromatic N) is 2. The van der Waals surface area contributed by atoms with Crippen LogP contribution < -0.4 is 30.2 Å². The normalized spacial score (nSPS) is 20.1. The predicted molar refractivity (Wildman–Crippen MR) is 190 cm³/mol. The van der Waals surface area contributed by atoms with E-state index in [1.807, 2.05) is 32.0 Å². The molecule has 2 aliphatic heterocycles. The van der Waals surface area contributed by atoms with E-state index in [-0.39, 0.29) is 56.0 Å². The highest BCUT2D eigenvalue weighted by atomic mass is 16.7. The third kappa shape index (κ3) is 9.57. The molecule has 50 heavy (non-hydrogen) atoms. The molecule has 4 N–H and O–H groups in total. The van der Waals surface area contributed by atoms with Crippen molar-refractivity contribution in [2.75, 3.05) is 56.1 Å². The number of hydrogen-bond donors (Lipinski definition) is 4. The summed E-state index contributed by atoms with van der Waals surface area (Å²) in [5.41, 5.74) is 1.86. The standard InChI is InChI=1S/C37H47N5O8/c1-24-20-42(25(2)22-43)35(44)30-18-28(39-36(45)38-27-11-6-5-7-12-27)13-15-31(30)50-26(3)10-8-9-17-47-34(24)21-41(4)37(46)40-29-14-16-32-33(19-29)49-23-48-32/h5-7,11-16,18-19,24-26,34,43H,8-10,17,20-23H2,1-4H3,(H,40,46)(H2,38,39,45)/t24-,25-,26-,34+/m0/s1. The Morgan fingerprint density at radius 2 is 1.62 bits per heavy atom. The molecule has 2 heterocycles. The van der Waals surface area contributed by atoms with Crippen molar-refractivity contribution in [3.05, 3.63) is 72.3 Å². The van der Waals surface area contributed by atoms with E-state index in [1.54, 1.807) is 72.3 Å². The highest BCUT2D eigenvalue weighted by Crippen LogP contribution is 2.34. The molecular formula is C37H47N5O8. The van der Waals surface area contributed by atoms with Crippen LogP contribution in [-0.2, 0) is 4.74 Å². The van der Waals surface area contributed by atoms with Crippen molar-refractivity contribution in [2.24, 2.45) is 5.92 Å². The molecule has 0 radical (unpaired) electrons. The van der Waals surface area contributed by atoms with Crippen molar-refractivity contribution in [1.29, 1.82) is 0 Å². The lowest BCUT2D eigenvalue weighted by atomic mass is 10.0. The van der Waals surface area contributed by atoms with E-state index in [0.717, 1.165) is 19.3 Å². The molecule has 2 aliphatic rings. The number of nitrogens with one attached hydrogen (secondary N) is 3. The van der Waals surface area contributed by atoms with Crippen LogP contribution in [0.1, 0.15) is 50.4 Å². The first-order valence-electron chi connectivity index (χ1n) is 17.0. The number of para-hydroxylation sites is 1. The zero-order valence-corrected chi connectivity index (χ0v) is 29.0. The van der Waals surface area contributed by atoms with E-state index in [0.29, 0.717) is 40.9 Å². The minimum absolute atomic E-state index is 0.138. The Morgan fingerprint density at radius 1 is 0.920 bits per heavy atom. The molecule has 268 valence electrons. The lowest BCUT2D eigenvalue weighted by Gasteiger charge is -2.35. The monoisotopic (exact) mass is 689 g/mol. The van der Waals surface area contributed by atoms with Gasteiger partial charge >= 0.3 is 12.1 Å². The van der Waals surface area contributed by atoms with Crippen LogP contribution in [-0.4, -0.2) is 91.3 Å². The van der Waals surface area contributed by atoms with Crippen LogP contribution in [0.4, 0.5) is 26.7 Å². The number of rotatable bonds is 7. The maximum absolute atomic E-state index is 14.4. The summed E-state index contributed by atoms with van der Waals surface area (Å²) in [5.74, 6) is 0.981. The second-order valence-corrected chi connectivity index (χ2v) is 12.8. The van der Waals surface area contributed by atoms with Crippen molar-refractivity contribution >= 4 is 35.0 Å². The number of carbonyl (C=O) groups excluding carboxylic acids is 3. The average molecular weight is 690 g/mol. The number of amides is 5. The van der Waals surface area contributed by atoms with E-state index in [1.165, 1.54) is 0 Å². The number of hydrogen-bond acceptors (Lipinski definition) is 8. The number of likely N-dealkylation sites (N-methyl/N-ethyl adjacent to an activating group) is 1. The van der Waals surface area contributed by atoms with Crippen LogP contribution >= 0.6 is 0 Å². The molecule has 0 aromatic heterocycles. The fraction of sp³-hybridized carbons (Fsp3) is 0.432. The molecule has 0 bridgehead atoms. The van der Waals surface area contributed by atoms with Gasteiger partial charge in [0.05, 0.1) is 30.4 Å². The zero-order valence-electron chi connectivity index (χ0n) is 29.0. The van der Waals surface area contributed by atoms with E-state index >= 15 is 0 Å². The summed E-state index contributed by atoms with van der Waals surface area (Å²) in [5, 5.41) is 18.7. The van der Waals surface area contributed by atoms with Gasteiger partial charge in [-0.05, 0) is 75.6 Å². The molecular weight excluding hydrogens is 642 g/mol. The molecule has 0 saturated heterocycles.